The van der Waals surface area contributed by atoms with Gasteiger partial charge in [0.25, 0.3) is 0 Å². The Morgan fingerprint density at radius 3 is 2.69 bits per heavy atom. The molecule has 13 heavy (non-hydrogen) atoms. The van der Waals surface area contributed by atoms with E-state index >= 15 is 0 Å². The van der Waals surface area contributed by atoms with Crippen LogP contribution < -0.4 is 5.73 Å². The van der Waals surface area contributed by atoms with Gasteiger partial charge in [-0.25, -0.2) is 0 Å². The predicted molar refractivity (Wildman–Crippen MR) is 59.9 cm³/mol. The molecule has 3 nitrogen and oxygen atoms in total. The molecule has 0 aromatic heterocycles. The molecule has 0 saturated carbocycles. The van der Waals surface area contributed by atoms with E-state index in [2.05, 4.69) is 4.90 Å². The quantitative estimate of drug-likeness (QED) is 0.493. The number of thiocarbonyl (C=S) groups is 1. The zero-order valence-corrected chi connectivity index (χ0v) is 9.56. The lowest BCUT2D eigenvalue weighted by atomic mass is 10.2. The first-order chi connectivity index (χ1) is 6.07. The van der Waals surface area contributed by atoms with Gasteiger partial charge in [-0.1, -0.05) is 19.1 Å². The highest BCUT2D eigenvalue weighted by atomic mass is 32.1. The molecule has 2 N–H and O–H groups in total. The van der Waals surface area contributed by atoms with E-state index in [0.29, 0.717) is 4.99 Å². The van der Waals surface area contributed by atoms with E-state index in [0.717, 1.165) is 26.3 Å². The number of rotatable bonds is 7. The van der Waals surface area contributed by atoms with Crippen LogP contribution in [-0.2, 0) is 4.74 Å². The van der Waals surface area contributed by atoms with Crippen molar-refractivity contribution in [2.24, 2.45) is 11.7 Å². The zero-order chi connectivity index (χ0) is 10.3. The van der Waals surface area contributed by atoms with E-state index in [4.69, 9.17) is 22.7 Å². The third kappa shape index (κ3) is 6.93. The Bertz CT molecular complexity index is 153. The van der Waals surface area contributed by atoms with Crippen LogP contribution in [0.25, 0.3) is 0 Å². The summed E-state index contributed by atoms with van der Waals surface area (Å²) < 4.78 is 5.24. The SMILES string of the molecule is CCOCCN(C)CC(C)C(N)=S. The molecule has 0 fully saturated rings. The van der Waals surface area contributed by atoms with Gasteiger partial charge in [0.05, 0.1) is 11.6 Å². The number of ether oxygens (including phenoxy) is 1. The summed E-state index contributed by atoms with van der Waals surface area (Å²) in [5.41, 5.74) is 5.51. The van der Waals surface area contributed by atoms with Crippen LogP contribution in [0.3, 0.4) is 0 Å². The third-order valence-electron chi connectivity index (χ3n) is 1.89. The summed E-state index contributed by atoms with van der Waals surface area (Å²) >= 11 is 4.89. The van der Waals surface area contributed by atoms with Crippen LogP contribution in [0.1, 0.15) is 13.8 Å². The van der Waals surface area contributed by atoms with Crippen molar-refractivity contribution in [3.8, 4) is 0 Å². The third-order valence-corrected chi connectivity index (χ3v) is 2.30. The van der Waals surface area contributed by atoms with Crippen LogP contribution in [0.4, 0.5) is 0 Å². The summed E-state index contributed by atoms with van der Waals surface area (Å²) in [6.07, 6.45) is 0. The summed E-state index contributed by atoms with van der Waals surface area (Å²) in [6.45, 7) is 7.43. The number of hydrogen-bond acceptors (Lipinski definition) is 3. The first-order valence-electron chi connectivity index (χ1n) is 4.63. The van der Waals surface area contributed by atoms with Crippen LogP contribution in [0.2, 0.25) is 0 Å². The Kier molecular flexibility index (Phi) is 7.13. The van der Waals surface area contributed by atoms with Gasteiger partial charge in [0.15, 0.2) is 0 Å². The van der Waals surface area contributed by atoms with Crippen molar-refractivity contribution in [2.75, 3.05) is 33.4 Å². The topological polar surface area (TPSA) is 38.5 Å². The van der Waals surface area contributed by atoms with Crippen molar-refractivity contribution >= 4 is 17.2 Å². The first-order valence-corrected chi connectivity index (χ1v) is 5.04. The maximum atomic E-state index is 5.51. The minimum atomic E-state index is 0.279. The van der Waals surface area contributed by atoms with E-state index in [-0.39, 0.29) is 5.92 Å². The Morgan fingerprint density at radius 2 is 2.23 bits per heavy atom. The largest absolute Gasteiger partial charge is 0.393 e. The van der Waals surface area contributed by atoms with Crippen LogP contribution in [0.15, 0.2) is 0 Å². The summed E-state index contributed by atoms with van der Waals surface area (Å²) in [4.78, 5) is 2.77. The summed E-state index contributed by atoms with van der Waals surface area (Å²) in [5.74, 6) is 0.279. The number of hydrogen-bond donors (Lipinski definition) is 1. The standard InChI is InChI=1S/C9H20N2OS/c1-4-12-6-5-11(3)7-8(2)9(10)13/h8H,4-7H2,1-3H3,(H2,10,13). The lowest BCUT2D eigenvalue weighted by molar-refractivity contribution is 0.120. The summed E-state index contributed by atoms with van der Waals surface area (Å²) in [6, 6.07) is 0. The highest BCUT2D eigenvalue weighted by molar-refractivity contribution is 7.80. The van der Waals surface area contributed by atoms with Gasteiger partial charge in [-0.05, 0) is 14.0 Å². The highest BCUT2D eigenvalue weighted by Gasteiger charge is 2.07. The van der Waals surface area contributed by atoms with Crippen LogP contribution in [0, 0.1) is 5.92 Å². The molecule has 0 spiro atoms. The molecule has 1 unspecified atom stereocenters. The van der Waals surface area contributed by atoms with Gasteiger partial charge >= 0.3 is 0 Å². The van der Waals surface area contributed by atoms with Gasteiger partial charge in [0.2, 0.25) is 0 Å². The second kappa shape index (κ2) is 7.24. The van der Waals surface area contributed by atoms with Gasteiger partial charge < -0.3 is 15.4 Å². The summed E-state index contributed by atoms with van der Waals surface area (Å²) in [5, 5.41) is 0. The average Bonchev–Trinajstić information content (AvgIpc) is 2.04. The van der Waals surface area contributed by atoms with Crippen molar-refractivity contribution in [1.82, 2.24) is 4.90 Å². The average molecular weight is 204 g/mol. The van der Waals surface area contributed by atoms with Crippen molar-refractivity contribution in [3.05, 3.63) is 0 Å². The molecular formula is C9H20N2OS. The number of likely N-dealkylation sites (N-methyl/N-ethyl adjacent to an activating group) is 1. The first kappa shape index (κ1) is 12.8. The maximum Gasteiger partial charge on any atom is 0.0768 e. The molecule has 4 heteroatoms. The Labute approximate surface area is 86.2 Å². The summed E-state index contributed by atoms with van der Waals surface area (Å²) in [7, 11) is 2.05. The molecule has 78 valence electrons. The van der Waals surface area contributed by atoms with Crippen LogP contribution >= 0.6 is 12.2 Å². The number of nitrogens with two attached hydrogens (primary N) is 1. The molecule has 0 saturated heterocycles. The predicted octanol–water partition coefficient (Wildman–Crippen LogP) is 0.877. The minimum absolute atomic E-state index is 0.279. The molecule has 0 rings (SSSR count). The maximum absolute atomic E-state index is 5.51. The molecule has 0 aliphatic rings. The van der Waals surface area contributed by atoms with Crippen LogP contribution in [-0.4, -0.2) is 43.2 Å². The second-order valence-electron chi connectivity index (χ2n) is 3.26. The van der Waals surface area contributed by atoms with Crippen molar-refractivity contribution in [1.29, 1.82) is 0 Å². The zero-order valence-electron chi connectivity index (χ0n) is 8.75. The normalized spacial score (nSPS) is 13.2. The van der Waals surface area contributed by atoms with Gasteiger partial charge in [0.1, 0.15) is 0 Å². The fraction of sp³-hybridized carbons (Fsp3) is 0.889. The van der Waals surface area contributed by atoms with Gasteiger partial charge in [-0.3, -0.25) is 0 Å². The van der Waals surface area contributed by atoms with E-state index in [1.165, 1.54) is 0 Å². The van der Waals surface area contributed by atoms with Crippen LogP contribution in [0.5, 0.6) is 0 Å². The Hall–Kier alpha value is -0.190. The van der Waals surface area contributed by atoms with Gasteiger partial charge in [-0.2, -0.15) is 0 Å². The molecular weight excluding hydrogens is 184 g/mol. The highest BCUT2D eigenvalue weighted by Crippen LogP contribution is 1.97. The smallest absolute Gasteiger partial charge is 0.0768 e. The molecule has 0 aliphatic heterocycles. The van der Waals surface area contributed by atoms with Crippen molar-refractivity contribution in [3.63, 3.8) is 0 Å². The second-order valence-corrected chi connectivity index (χ2v) is 3.73. The number of nitrogens with zero attached hydrogens (tertiary/aromatic N) is 1. The molecule has 1 atom stereocenters. The lowest BCUT2D eigenvalue weighted by Gasteiger charge is -2.20. The minimum Gasteiger partial charge on any atom is -0.393 e. The molecule has 0 amide bonds. The van der Waals surface area contributed by atoms with E-state index in [1.807, 2.05) is 20.9 Å². The van der Waals surface area contributed by atoms with E-state index < -0.39 is 0 Å². The molecule has 0 radical (unpaired) electrons. The fourth-order valence-corrected chi connectivity index (χ4v) is 1.09. The molecule has 0 aromatic carbocycles. The Morgan fingerprint density at radius 1 is 1.62 bits per heavy atom. The molecule has 0 aromatic rings. The lowest BCUT2D eigenvalue weighted by Crippen LogP contribution is -2.33. The van der Waals surface area contributed by atoms with Crippen molar-refractivity contribution < 1.29 is 4.74 Å². The van der Waals surface area contributed by atoms with Gasteiger partial charge in [0, 0.05) is 25.6 Å². The van der Waals surface area contributed by atoms with Crippen molar-refractivity contribution in [2.45, 2.75) is 13.8 Å². The molecule has 0 bridgehead atoms. The fourth-order valence-electron chi connectivity index (χ4n) is 1.01. The monoisotopic (exact) mass is 204 g/mol. The van der Waals surface area contributed by atoms with Gasteiger partial charge in [-0.15, -0.1) is 0 Å². The Balaban J connectivity index is 3.49. The van der Waals surface area contributed by atoms with E-state index in [9.17, 15) is 0 Å². The van der Waals surface area contributed by atoms with E-state index in [1.54, 1.807) is 0 Å². The molecule has 0 heterocycles. The molecule has 0 aliphatic carbocycles.